The molecule has 51 valence electrons. The van der Waals surface area contributed by atoms with E-state index >= 15 is 0 Å². The molecule has 0 fully saturated rings. The summed E-state index contributed by atoms with van der Waals surface area (Å²) in [6.45, 7) is 3.56. The molecule has 2 heteroatoms. The van der Waals surface area contributed by atoms with E-state index in [2.05, 4.69) is 16.9 Å². The lowest BCUT2D eigenvalue weighted by Crippen LogP contribution is -1.89. The quantitative estimate of drug-likeness (QED) is 0.609. The number of aromatic nitrogens is 2. The minimum absolute atomic E-state index is 0.768. The molecule has 10 heavy (non-hydrogen) atoms. The smallest absolute Gasteiger partial charge is 0.131 e. The van der Waals surface area contributed by atoms with Crippen LogP contribution in [0.5, 0.6) is 0 Å². The third-order valence-corrected chi connectivity index (χ3v) is 1.09. The average Bonchev–Trinajstić information content (AvgIpc) is 2.03. The number of rotatable bonds is 2. The van der Waals surface area contributed by atoms with Crippen LogP contribution in [0.25, 0.3) is 0 Å². The standard InChI is InChI=1S/C8H9N2/c1-2-3-5-8-9-6-4-7-10-8/h2-4,6-7H,1,5H2. The van der Waals surface area contributed by atoms with E-state index in [9.17, 15) is 0 Å². The summed E-state index contributed by atoms with van der Waals surface area (Å²) in [4.78, 5) is 8.05. The highest BCUT2D eigenvalue weighted by molar-refractivity contribution is 4.97. The topological polar surface area (TPSA) is 25.8 Å². The molecule has 0 unspecified atom stereocenters. The fourth-order valence-electron chi connectivity index (χ4n) is 0.624. The lowest BCUT2D eigenvalue weighted by Gasteiger charge is -1.89. The Morgan fingerprint density at radius 3 is 2.70 bits per heavy atom. The van der Waals surface area contributed by atoms with Crippen molar-refractivity contribution in [3.63, 3.8) is 0 Å². The van der Waals surface area contributed by atoms with E-state index in [1.54, 1.807) is 24.5 Å². The first-order valence-corrected chi connectivity index (χ1v) is 3.13. The zero-order valence-corrected chi connectivity index (χ0v) is 5.70. The molecule has 0 aliphatic carbocycles. The monoisotopic (exact) mass is 133 g/mol. The lowest BCUT2D eigenvalue weighted by atomic mass is 10.3. The maximum Gasteiger partial charge on any atom is 0.131 e. The molecule has 0 aromatic carbocycles. The minimum Gasteiger partial charge on any atom is -0.241 e. The summed E-state index contributed by atoms with van der Waals surface area (Å²) in [6, 6.07) is 1.80. The van der Waals surface area contributed by atoms with Gasteiger partial charge in [-0.1, -0.05) is 12.2 Å². The van der Waals surface area contributed by atoms with Gasteiger partial charge in [-0.3, -0.25) is 0 Å². The second-order valence-corrected chi connectivity index (χ2v) is 1.84. The Labute approximate surface area is 60.6 Å². The van der Waals surface area contributed by atoms with Crippen molar-refractivity contribution < 1.29 is 0 Å². The minimum atomic E-state index is 0.768. The van der Waals surface area contributed by atoms with Gasteiger partial charge in [0.25, 0.3) is 0 Å². The molecule has 0 bridgehead atoms. The Kier molecular flexibility index (Phi) is 2.62. The van der Waals surface area contributed by atoms with Crippen LogP contribution < -0.4 is 0 Å². The molecule has 1 rings (SSSR count). The molecule has 1 radical (unpaired) electrons. The van der Waals surface area contributed by atoms with Crippen LogP contribution in [0.4, 0.5) is 0 Å². The van der Waals surface area contributed by atoms with E-state index in [-0.39, 0.29) is 0 Å². The van der Waals surface area contributed by atoms with Gasteiger partial charge in [-0.05, 0) is 13.0 Å². The number of hydrogen-bond acceptors (Lipinski definition) is 2. The molecular weight excluding hydrogens is 124 g/mol. The van der Waals surface area contributed by atoms with Gasteiger partial charge in [0.2, 0.25) is 0 Å². The van der Waals surface area contributed by atoms with Crippen LogP contribution in [0.3, 0.4) is 0 Å². The van der Waals surface area contributed by atoms with Crippen molar-refractivity contribution in [1.29, 1.82) is 0 Å². The summed E-state index contributed by atoms with van der Waals surface area (Å²) in [6.07, 6.45) is 7.91. The summed E-state index contributed by atoms with van der Waals surface area (Å²) in [5.74, 6) is 0.836. The maximum absolute atomic E-state index is 4.03. The zero-order chi connectivity index (χ0) is 7.23. The van der Waals surface area contributed by atoms with Crippen molar-refractivity contribution in [3.05, 3.63) is 43.4 Å². The Hall–Kier alpha value is -1.18. The summed E-state index contributed by atoms with van der Waals surface area (Å²) in [5, 5.41) is 0. The van der Waals surface area contributed by atoms with Crippen LogP contribution >= 0.6 is 0 Å². The van der Waals surface area contributed by atoms with Gasteiger partial charge in [0.1, 0.15) is 5.82 Å². The summed E-state index contributed by atoms with van der Waals surface area (Å²) >= 11 is 0. The molecule has 1 aromatic heterocycles. The molecule has 1 aromatic rings. The first kappa shape index (κ1) is 6.93. The fraction of sp³-hybridized carbons (Fsp3) is 0.125. The fourth-order valence-corrected chi connectivity index (χ4v) is 0.624. The Balaban J connectivity index is 2.59. The van der Waals surface area contributed by atoms with Crippen LogP contribution in [0.1, 0.15) is 5.82 Å². The third-order valence-electron chi connectivity index (χ3n) is 1.09. The van der Waals surface area contributed by atoms with Crippen molar-refractivity contribution in [1.82, 2.24) is 9.97 Å². The number of nitrogens with zero attached hydrogens (tertiary/aromatic N) is 2. The van der Waals surface area contributed by atoms with Crippen LogP contribution in [0.2, 0.25) is 0 Å². The molecule has 0 N–H and O–H groups in total. The molecule has 0 aliphatic heterocycles. The van der Waals surface area contributed by atoms with Gasteiger partial charge in [0, 0.05) is 18.8 Å². The van der Waals surface area contributed by atoms with Gasteiger partial charge in [-0.15, -0.1) is 0 Å². The molecule has 2 nitrogen and oxygen atoms in total. The van der Waals surface area contributed by atoms with Crippen molar-refractivity contribution >= 4 is 0 Å². The van der Waals surface area contributed by atoms with Crippen LogP contribution in [0, 0.1) is 6.92 Å². The van der Waals surface area contributed by atoms with Gasteiger partial charge >= 0.3 is 0 Å². The van der Waals surface area contributed by atoms with E-state index < -0.39 is 0 Å². The van der Waals surface area contributed by atoms with Crippen molar-refractivity contribution in [2.45, 2.75) is 6.42 Å². The van der Waals surface area contributed by atoms with E-state index in [1.807, 2.05) is 6.08 Å². The van der Waals surface area contributed by atoms with Gasteiger partial charge in [0.15, 0.2) is 0 Å². The molecule has 0 atom stereocenters. The summed E-state index contributed by atoms with van der Waals surface area (Å²) in [7, 11) is 0. The highest BCUT2D eigenvalue weighted by atomic mass is 14.8. The third kappa shape index (κ3) is 1.97. The summed E-state index contributed by atoms with van der Waals surface area (Å²) < 4.78 is 0. The first-order valence-electron chi connectivity index (χ1n) is 3.13. The van der Waals surface area contributed by atoms with Crippen molar-refractivity contribution in [3.8, 4) is 0 Å². The molecule has 0 amide bonds. The normalized spacial score (nSPS) is 10.5. The van der Waals surface area contributed by atoms with E-state index in [0.717, 1.165) is 12.2 Å². The Morgan fingerprint density at radius 1 is 1.40 bits per heavy atom. The van der Waals surface area contributed by atoms with E-state index in [1.165, 1.54) is 0 Å². The van der Waals surface area contributed by atoms with Crippen molar-refractivity contribution in [2.75, 3.05) is 0 Å². The van der Waals surface area contributed by atoms with Gasteiger partial charge < -0.3 is 0 Å². The van der Waals surface area contributed by atoms with Crippen LogP contribution in [-0.4, -0.2) is 9.97 Å². The maximum atomic E-state index is 4.03. The van der Waals surface area contributed by atoms with Gasteiger partial charge in [0.05, 0.1) is 0 Å². The predicted octanol–water partition coefficient (Wildman–Crippen LogP) is 1.41. The molecule has 0 saturated carbocycles. The largest absolute Gasteiger partial charge is 0.241 e. The predicted molar refractivity (Wildman–Crippen MR) is 40.2 cm³/mol. The lowest BCUT2D eigenvalue weighted by molar-refractivity contribution is 0.989. The SMILES string of the molecule is [CH2]C=CCc1ncccn1. The molecule has 0 spiro atoms. The second-order valence-electron chi connectivity index (χ2n) is 1.84. The molecule has 0 aliphatic rings. The molecule has 0 saturated heterocycles. The highest BCUT2D eigenvalue weighted by Crippen LogP contribution is 1.89. The number of hydrogen-bond donors (Lipinski definition) is 0. The Morgan fingerprint density at radius 2 is 2.10 bits per heavy atom. The molecular formula is C8H9N2. The first-order chi connectivity index (χ1) is 4.93. The van der Waals surface area contributed by atoms with E-state index in [0.29, 0.717) is 0 Å². The van der Waals surface area contributed by atoms with Crippen molar-refractivity contribution in [2.24, 2.45) is 0 Å². The van der Waals surface area contributed by atoms with Crippen LogP contribution in [0.15, 0.2) is 30.6 Å². The number of allylic oxidation sites excluding steroid dienone is 2. The molecule has 1 heterocycles. The van der Waals surface area contributed by atoms with E-state index in [4.69, 9.17) is 0 Å². The zero-order valence-electron chi connectivity index (χ0n) is 5.70. The van der Waals surface area contributed by atoms with Gasteiger partial charge in [-0.25, -0.2) is 9.97 Å². The van der Waals surface area contributed by atoms with Gasteiger partial charge in [-0.2, -0.15) is 0 Å². The average molecular weight is 133 g/mol. The Bertz CT molecular complexity index is 204. The second kappa shape index (κ2) is 3.77. The van der Waals surface area contributed by atoms with Crippen LogP contribution in [-0.2, 0) is 6.42 Å². The highest BCUT2D eigenvalue weighted by Gasteiger charge is 1.86. The summed E-state index contributed by atoms with van der Waals surface area (Å²) in [5.41, 5.74) is 0.